The van der Waals surface area contributed by atoms with Crippen LogP contribution in [0.25, 0.3) is 0 Å². The van der Waals surface area contributed by atoms with E-state index in [0.29, 0.717) is 36.7 Å². The highest BCUT2D eigenvalue weighted by atomic mass is 19.1. The van der Waals surface area contributed by atoms with Crippen molar-refractivity contribution in [3.8, 4) is 5.75 Å². The molecule has 1 aromatic heterocycles. The number of piperazine rings is 1. The van der Waals surface area contributed by atoms with Gasteiger partial charge in [0.25, 0.3) is 0 Å². The topological polar surface area (TPSA) is 104 Å². The molecule has 2 aromatic carbocycles. The molecule has 4 rings (SSSR count). The molecule has 196 valence electrons. The summed E-state index contributed by atoms with van der Waals surface area (Å²) in [5.74, 6) is 0.515. The van der Waals surface area contributed by atoms with E-state index < -0.39 is 24.0 Å². The van der Waals surface area contributed by atoms with Crippen molar-refractivity contribution in [3.63, 3.8) is 0 Å². The molecule has 37 heavy (non-hydrogen) atoms. The van der Waals surface area contributed by atoms with Crippen LogP contribution in [0.15, 0.2) is 65.1 Å². The van der Waals surface area contributed by atoms with E-state index in [-0.39, 0.29) is 24.8 Å². The van der Waals surface area contributed by atoms with Gasteiger partial charge in [-0.3, -0.25) is 9.59 Å². The highest BCUT2D eigenvalue weighted by molar-refractivity contribution is 5.83. The first kappa shape index (κ1) is 26.4. The lowest BCUT2D eigenvalue weighted by molar-refractivity contribution is -0.141. The van der Waals surface area contributed by atoms with Gasteiger partial charge in [0.15, 0.2) is 0 Å². The summed E-state index contributed by atoms with van der Waals surface area (Å²) in [6, 6.07) is 15.7. The van der Waals surface area contributed by atoms with Crippen LogP contribution < -0.4 is 15.4 Å². The number of ether oxygens (including phenoxy) is 1. The lowest BCUT2D eigenvalue weighted by Gasteiger charge is -2.38. The molecule has 8 nitrogen and oxygen atoms in total. The molecule has 1 aliphatic heterocycles. The second-order valence-corrected chi connectivity index (χ2v) is 9.28. The van der Waals surface area contributed by atoms with Gasteiger partial charge in [0, 0.05) is 32.6 Å². The second-order valence-electron chi connectivity index (χ2n) is 9.28. The van der Waals surface area contributed by atoms with Gasteiger partial charge in [0.2, 0.25) is 11.8 Å². The Labute approximate surface area is 215 Å². The van der Waals surface area contributed by atoms with E-state index in [9.17, 15) is 19.1 Å². The number of aliphatic hydroxyl groups is 1. The predicted molar refractivity (Wildman–Crippen MR) is 135 cm³/mol. The smallest absolute Gasteiger partial charge is 0.242 e. The Kier molecular flexibility index (Phi) is 8.58. The highest BCUT2D eigenvalue weighted by Crippen LogP contribution is 2.22. The van der Waals surface area contributed by atoms with Crippen LogP contribution >= 0.6 is 0 Å². The number of benzene rings is 2. The minimum absolute atomic E-state index is 0.0961. The standard InChI is InChI=1S/C28H32FN3O5/c1-18-8-9-23(37-18)17-36-24-13-21(12-22(29)15-24)14-25(31-19(2)33)27(34)26-28(35)32(11-10-30-26)16-20-6-4-3-5-7-20/h3-9,12-13,15,25-27,30,34H,10-11,14,16-17H2,1-2H3,(H,31,33)/t25-,26-,27-/m0/s1. The predicted octanol–water partition coefficient (Wildman–Crippen LogP) is 2.71. The van der Waals surface area contributed by atoms with Gasteiger partial charge in [-0.15, -0.1) is 0 Å². The first-order valence-corrected chi connectivity index (χ1v) is 12.3. The van der Waals surface area contributed by atoms with E-state index in [4.69, 9.17) is 9.15 Å². The van der Waals surface area contributed by atoms with Crippen molar-refractivity contribution in [1.82, 2.24) is 15.5 Å². The molecule has 0 radical (unpaired) electrons. The Morgan fingerprint density at radius 3 is 2.70 bits per heavy atom. The van der Waals surface area contributed by atoms with Gasteiger partial charge in [0.05, 0.1) is 12.1 Å². The molecule has 0 saturated carbocycles. The average Bonchev–Trinajstić information content (AvgIpc) is 3.28. The SMILES string of the molecule is CC(=O)N[C@@H](Cc1cc(F)cc(OCc2ccc(C)o2)c1)[C@H](O)[C@@H]1NCCN(Cc2ccccc2)C1=O. The Balaban J connectivity index is 1.47. The molecular formula is C28H32FN3O5. The number of carbonyl (C=O) groups excluding carboxylic acids is 2. The molecule has 1 fully saturated rings. The second kappa shape index (κ2) is 12.0. The number of rotatable bonds is 10. The van der Waals surface area contributed by atoms with E-state index in [1.54, 1.807) is 17.0 Å². The Morgan fingerprint density at radius 1 is 1.22 bits per heavy atom. The summed E-state index contributed by atoms with van der Waals surface area (Å²) in [4.78, 5) is 26.9. The van der Waals surface area contributed by atoms with Gasteiger partial charge in [-0.25, -0.2) is 4.39 Å². The van der Waals surface area contributed by atoms with E-state index in [2.05, 4.69) is 10.6 Å². The molecule has 0 spiro atoms. The quantitative estimate of drug-likeness (QED) is 0.388. The number of nitrogens with zero attached hydrogens (tertiary/aromatic N) is 1. The summed E-state index contributed by atoms with van der Waals surface area (Å²) in [5, 5.41) is 17.0. The monoisotopic (exact) mass is 509 g/mol. The lowest BCUT2D eigenvalue weighted by atomic mass is 9.94. The van der Waals surface area contributed by atoms with Crippen molar-refractivity contribution < 1.29 is 28.2 Å². The molecular weight excluding hydrogens is 477 g/mol. The van der Waals surface area contributed by atoms with Crippen molar-refractivity contribution in [2.75, 3.05) is 13.1 Å². The molecule has 2 heterocycles. The van der Waals surface area contributed by atoms with Crippen molar-refractivity contribution in [2.45, 2.75) is 51.6 Å². The minimum Gasteiger partial charge on any atom is -0.486 e. The first-order chi connectivity index (χ1) is 17.8. The van der Waals surface area contributed by atoms with Crippen LogP contribution in [0.2, 0.25) is 0 Å². The molecule has 3 atom stereocenters. The summed E-state index contributed by atoms with van der Waals surface area (Å²) < 4.78 is 25.6. The first-order valence-electron chi connectivity index (χ1n) is 12.3. The fraction of sp³-hybridized carbons (Fsp3) is 0.357. The number of halogens is 1. The van der Waals surface area contributed by atoms with Crippen LogP contribution in [-0.4, -0.2) is 53.1 Å². The van der Waals surface area contributed by atoms with Gasteiger partial charge in [-0.05, 0) is 48.7 Å². The third-order valence-electron chi connectivity index (χ3n) is 6.25. The van der Waals surface area contributed by atoms with Crippen LogP contribution in [0.1, 0.15) is 29.6 Å². The van der Waals surface area contributed by atoms with Gasteiger partial charge < -0.3 is 29.8 Å². The van der Waals surface area contributed by atoms with E-state index in [0.717, 1.165) is 11.3 Å². The Bertz CT molecular complexity index is 1220. The number of carbonyl (C=O) groups is 2. The molecule has 3 aromatic rings. The van der Waals surface area contributed by atoms with Crippen molar-refractivity contribution in [1.29, 1.82) is 0 Å². The largest absolute Gasteiger partial charge is 0.486 e. The summed E-state index contributed by atoms with van der Waals surface area (Å²) >= 11 is 0. The van der Waals surface area contributed by atoms with Gasteiger partial charge in [0.1, 0.15) is 35.7 Å². The summed E-state index contributed by atoms with van der Waals surface area (Å²) in [5.41, 5.74) is 1.49. The third-order valence-corrected chi connectivity index (χ3v) is 6.25. The number of furan rings is 1. The number of aliphatic hydroxyl groups excluding tert-OH is 1. The number of hydrogen-bond donors (Lipinski definition) is 3. The van der Waals surface area contributed by atoms with Crippen molar-refractivity contribution >= 4 is 11.8 Å². The molecule has 0 bridgehead atoms. The Morgan fingerprint density at radius 2 is 2.00 bits per heavy atom. The maximum Gasteiger partial charge on any atom is 0.242 e. The zero-order valence-electron chi connectivity index (χ0n) is 20.9. The number of nitrogens with one attached hydrogen (secondary N) is 2. The third kappa shape index (κ3) is 7.18. The number of hydrogen-bond acceptors (Lipinski definition) is 6. The van der Waals surface area contributed by atoms with E-state index in [1.807, 2.05) is 43.3 Å². The van der Waals surface area contributed by atoms with Crippen LogP contribution in [0.3, 0.4) is 0 Å². The van der Waals surface area contributed by atoms with Gasteiger partial charge in [-0.2, -0.15) is 0 Å². The van der Waals surface area contributed by atoms with E-state index >= 15 is 0 Å². The summed E-state index contributed by atoms with van der Waals surface area (Å²) in [7, 11) is 0. The Hall–Kier alpha value is -3.69. The fourth-order valence-electron chi connectivity index (χ4n) is 4.52. The maximum atomic E-state index is 14.4. The van der Waals surface area contributed by atoms with E-state index in [1.165, 1.54) is 19.1 Å². The number of amides is 2. The van der Waals surface area contributed by atoms with Crippen LogP contribution in [0, 0.1) is 12.7 Å². The maximum absolute atomic E-state index is 14.4. The molecule has 1 saturated heterocycles. The van der Waals surface area contributed by atoms with Crippen LogP contribution in [-0.2, 0) is 29.2 Å². The zero-order valence-corrected chi connectivity index (χ0v) is 20.9. The van der Waals surface area contributed by atoms with Gasteiger partial charge in [-0.1, -0.05) is 30.3 Å². The molecule has 1 aliphatic rings. The molecule has 0 unspecified atom stereocenters. The van der Waals surface area contributed by atoms with Crippen molar-refractivity contribution in [3.05, 3.63) is 89.1 Å². The van der Waals surface area contributed by atoms with Crippen LogP contribution in [0.4, 0.5) is 4.39 Å². The average molecular weight is 510 g/mol. The molecule has 9 heteroatoms. The lowest BCUT2D eigenvalue weighted by Crippen LogP contribution is -2.63. The molecule has 3 N–H and O–H groups in total. The molecule has 2 amide bonds. The minimum atomic E-state index is -1.24. The highest BCUT2D eigenvalue weighted by Gasteiger charge is 2.38. The fourth-order valence-corrected chi connectivity index (χ4v) is 4.52. The van der Waals surface area contributed by atoms with Crippen molar-refractivity contribution in [2.24, 2.45) is 0 Å². The zero-order chi connectivity index (χ0) is 26.4. The summed E-state index contributed by atoms with van der Waals surface area (Å²) in [6.07, 6.45) is -1.15. The van der Waals surface area contributed by atoms with Crippen LogP contribution in [0.5, 0.6) is 5.75 Å². The number of aryl methyl sites for hydroxylation is 1. The molecule has 0 aliphatic carbocycles. The van der Waals surface area contributed by atoms with Gasteiger partial charge >= 0.3 is 0 Å². The summed E-state index contributed by atoms with van der Waals surface area (Å²) in [6.45, 7) is 4.72. The normalized spacial score (nSPS) is 17.4.